The number of halogens is 2. The molecular formula is C16H13BrClNO. The molecule has 1 amide bonds. The Morgan fingerprint density at radius 1 is 1.10 bits per heavy atom. The largest absolute Gasteiger partial charge is 0.321 e. The third-order valence-corrected chi connectivity index (χ3v) is 4.36. The van der Waals surface area contributed by atoms with Gasteiger partial charge in [-0.3, -0.25) is 4.79 Å². The molecule has 0 aliphatic heterocycles. The number of hydrogen-bond acceptors (Lipinski definition) is 1. The lowest BCUT2D eigenvalue weighted by Crippen LogP contribution is -2.12. The fourth-order valence-corrected chi connectivity index (χ4v) is 3.03. The molecule has 0 bridgehead atoms. The number of benzene rings is 2. The lowest BCUT2D eigenvalue weighted by molar-refractivity contribution is 0.102. The van der Waals surface area contributed by atoms with Crippen LogP contribution in [0.4, 0.5) is 5.69 Å². The third kappa shape index (κ3) is 2.74. The highest BCUT2D eigenvalue weighted by Gasteiger charge is 2.14. The van der Waals surface area contributed by atoms with E-state index in [2.05, 4.69) is 27.3 Å². The highest BCUT2D eigenvalue weighted by Crippen LogP contribution is 2.27. The van der Waals surface area contributed by atoms with Crippen molar-refractivity contribution in [3.05, 3.63) is 62.6 Å². The Bertz CT molecular complexity index is 684. The van der Waals surface area contributed by atoms with Crippen LogP contribution in [0.5, 0.6) is 0 Å². The Kier molecular flexibility index (Phi) is 3.81. The molecule has 0 saturated heterocycles. The highest BCUT2D eigenvalue weighted by atomic mass is 79.9. The number of aryl methyl sites for hydroxylation is 2. The number of carbonyl (C=O) groups excluding carboxylic acids is 1. The Balaban J connectivity index is 1.84. The molecule has 0 spiro atoms. The number of hydrogen-bond donors (Lipinski definition) is 1. The van der Waals surface area contributed by atoms with Gasteiger partial charge in [-0.15, -0.1) is 0 Å². The summed E-state index contributed by atoms with van der Waals surface area (Å²) in [5, 5.41) is 3.39. The summed E-state index contributed by atoms with van der Waals surface area (Å²) in [6, 6.07) is 11.3. The van der Waals surface area contributed by atoms with Gasteiger partial charge in [0.15, 0.2) is 0 Å². The molecule has 0 saturated carbocycles. The maximum absolute atomic E-state index is 12.3. The lowest BCUT2D eigenvalue weighted by Gasteiger charge is -2.09. The smallest absolute Gasteiger partial charge is 0.255 e. The first-order valence-corrected chi connectivity index (χ1v) is 7.69. The molecule has 4 heteroatoms. The van der Waals surface area contributed by atoms with Gasteiger partial charge in [0.2, 0.25) is 0 Å². The van der Waals surface area contributed by atoms with Crippen molar-refractivity contribution >= 4 is 39.1 Å². The van der Waals surface area contributed by atoms with Crippen molar-refractivity contribution in [3.8, 4) is 0 Å². The molecule has 0 heterocycles. The maximum Gasteiger partial charge on any atom is 0.255 e. The molecule has 1 aliphatic carbocycles. The molecule has 0 radical (unpaired) electrons. The molecule has 102 valence electrons. The quantitative estimate of drug-likeness (QED) is 0.824. The SMILES string of the molecule is O=C(Nc1cc(Br)ccc1Cl)c1ccc2c(c1)CCC2. The van der Waals surface area contributed by atoms with E-state index in [0.717, 1.165) is 17.3 Å². The Hall–Kier alpha value is -1.32. The van der Waals surface area contributed by atoms with Crippen LogP contribution in [0.2, 0.25) is 5.02 Å². The number of rotatable bonds is 2. The molecule has 0 fully saturated rings. The third-order valence-electron chi connectivity index (χ3n) is 3.54. The van der Waals surface area contributed by atoms with Crippen molar-refractivity contribution in [1.82, 2.24) is 0 Å². The fourth-order valence-electron chi connectivity index (χ4n) is 2.50. The van der Waals surface area contributed by atoms with E-state index in [1.165, 1.54) is 17.5 Å². The van der Waals surface area contributed by atoms with Gasteiger partial charge >= 0.3 is 0 Å². The van der Waals surface area contributed by atoms with Crippen molar-refractivity contribution in [1.29, 1.82) is 0 Å². The molecule has 1 N–H and O–H groups in total. The molecule has 2 aromatic carbocycles. The van der Waals surface area contributed by atoms with Gasteiger partial charge < -0.3 is 5.32 Å². The summed E-state index contributed by atoms with van der Waals surface area (Å²) < 4.78 is 0.881. The van der Waals surface area contributed by atoms with E-state index in [1.54, 1.807) is 12.1 Å². The number of amides is 1. The summed E-state index contributed by atoms with van der Waals surface area (Å²) in [5.41, 5.74) is 3.95. The van der Waals surface area contributed by atoms with Gasteiger partial charge in [-0.05, 0) is 60.7 Å². The van der Waals surface area contributed by atoms with Crippen molar-refractivity contribution in [2.24, 2.45) is 0 Å². The van der Waals surface area contributed by atoms with Crippen LogP contribution in [0, 0.1) is 0 Å². The van der Waals surface area contributed by atoms with E-state index in [9.17, 15) is 4.79 Å². The van der Waals surface area contributed by atoms with Crippen LogP contribution in [0.25, 0.3) is 0 Å². The van der Waals surface area contributed by atoms with Gasteiger partial charge in [0.25, 0.3) is 5.91 Å². The fraction of sp³-hybridized carbons (Fsp3) is 0.188. The second-order valence-electron chi connectivity index (χ2n) is 4.92. The van der Waals surface area contributed by atoms with Crippen molar-refractivity contribution in [2.45, 2.75) is 19.3 Å². The summed E-state index contributed by atoms with van der Waals surface area (Å²) in [6.45, 7) is 0. The summed E-state index contributed by atoms with van der Waals surface area (Å²) in [4.78, 5) is 12.3. The van der Waals surface area contributed by atoms with E-state index in [0.29, 0.717) is 16.3 Å². The molecular weight excluding hydrogens is 338 g/mol. The monoisotopic (exact) mass is 349 g/mol. The molecule has 0 atom stereocenters. The van der Waals surface area contributed by atoms with Crippen molar-refractivity contribution in [2.75, 3.05) is 5.32 Å². The molecule has 0 aromatic heterocycles. The minimum absolute atomic E-state index is 0.125. The number of fused-ring (bicyclic) bond motifs is 1. The van der Waals surface area contributed by atoms with Gasteiger partial charge in [0.05, 0.1) is 10.7 Å². The predicted octanol–water partition coefficient (Wildman–Crippen LogP) is 4.84. The van der Waals surface area contributed by atoms with E-state index >= 15 is 0 Å². The number of anilines is 1. The average molecular weight is 351 g/mol. The summed E-state index contributed by atoms with van der Waals surface area (Å²) in [6.07, 6.45) is 3.36. The summed E-state index contributed by atoms with van der Waals surface area (Å²) in [7, 11) is 0. The first-order valence-electron chi connectivity index (χ1n) is 6.52. The summed E-state index contributed by atoms with van der Waals surface area (Å²) >= 11 is 9.46. The summed E-state index contributed by atoms with van der Waals surface area (Å²) in [5.74, 6) is -0.125. The maximum atomic E-state index is 12.3. The number of carbonyl (C=O) groups is 1. The van der Waals surface area contributed by atoms with Gasteiger partial charge in [-0.2, -0.15) is 0 Å². The predicted molar refractivity (Wildman–Crippen MR) is 85.6 cm³/mol. The van der Waals surface area contributed by atoms with E-state index in [4.69, 9.17) is 11.6 Å². The van der Waals surface area contributed by atoms with Crippen LogP contribution in [0.15, 0.2) is 40.9 Å². The Morgan fingerprint density at radius 3 is 2.75 bits per heavy atom. The zero-order chi connectivity index (χ0) is 14.1. The average Bonchev–Trinajstić information content (AvgIpc) is 2.90. The van der Waals surface area contributed by atoms with Crippen molar-refractivity contribution < 1.29 is 4.79 Å². The van der Waals surface area contributed by atoms with Crippen LogP contribution < -0.4 is 5.32 Å². The zero-order valence-electron chi connectivity index (χ0n) is 10.7. The van der Waals surface area contributed by atoms with Gasteiger partial charge in [0.1, 0.15) is 0 Å². The highest BCUT2D eigenvalue weighted by molar-refractivity contribution is 9.10. The Labute approximate surface area is 131 Å². The van der Waals surface area contributed by atoms with Crippen LogP contribution >= 0.6 is 27.5 Å². The number of nitrogens with one attached hydrogen (secondary N) is 1. The molecule has 20 heavy (non-hydrogen) atoms. The van der Waals surface area contributed by atoms with E-state index < -0.39 is 0 Å². The van der Waals surface area contributed by atoms with E-state index in [-0.39, 0.29) is 5.91 Å². The van der Waals surface area contributed by atoms with Gasteiger partial charge in [-0.25, -0.2) is 0 Å². The first kappa shape index (κ1) is 13.7. The van der Waals surface area contributed by atoms with Crippen LogP contribution in [-0.2, 0) is 12.8 Å². The zero-order valence-corrected chi connectivity index (χ0v) is 13.1. The molecule has 2 nitrogen and oxygen atoms in total. The molecule has 0 unspecified atom stereocenters. The van der Waals surface area contributed by atoms with Crippen LogP contribution in [0.3, 0.4) is 0 Å². The second kappa shape index (κ2) is 5.58. The Morgan fingerprint density at radius 2 is 1.90 bits per heavy atom. The minimum Gasteiger partial charge on any atom is -0.321 e. The molecule has 2 aromatic rings. The van der Waals surface area contributed by atoms with Crippen LogP contribution in [0.1, 0.15) is 27.9 Å². The topological polar surface area (TPSA) is 29.1 Å². The van der Waals surface area contributed by atoms with Gasteiger partial charge in [-0.1, -0.05) is 33.6 Å². The van der Waals surface area contributed by atoms with Crippen molar-refractivity contribution in [3.63, 3.8) is 0 Å². The van der Waals surface area contributed by atoms with E-state index in [1.807, 2.05) is 18.2 Å². The van der Waals surface area contributed by atoms with Gasteiger partial charge in [0, 0.05) is 10.0 Å². The van der Waals surface area contributed by atoms with Crippen LogP contribution in [-0.4, -0.2) is 5.91 Å². The lowest BCUT2D eigenvalue weighted by atomic mass is 10.1. The molecule has 1 aliphatic rings. The minimum atomic E-state index is -0.125. The molecule has 3 rings (SSSR count). The second-order valence-corrected chi connectivity index (χ2v) is 6.24. The first-order chi connectivity index (χ1) is 9.63. The standard InChI is InChI=1S/C16H13BrClNO/c17-13-6-7-14(18)15(9-13)19-16(20)12-5-4-10-2-1-3-11(10)8-12/h4-9H,1-3H2,(H,19,20). The normalized spacial score (nSPS) is 13.1.